The van der Waals surface area contributed by atoms with Crippen molar-refractivity contribution in [3.63, 3.8) is 0 Å². The predicted molar refractivity (Wildman–Crippen MR) is 57.6 cm³/mol. The van der Waals surface area contributed by atoms with Gasteiger partial charge in [-0.2, -0.15) is 0 Å². The molecule has 0 spiro atoms. The van der Waals surface area contributed by atoms with Crippen molar-refractivity contribution < 1.29 is 0 Å². The summed E-state index contributed by atoms with van der Waals surface area (Å²) in [7, 11) is 0. The summed E-state index contributed by atoms with van der Waals surface area (Å²) in [4.78, 5) is 0. The Kier molecular flexibility index (Phi) is 4.20. The molecule has 1 heterocycles. The lowest BCUT2D eigenvalue weighted by Gasteiger charge is -2.16. The maximum Gasteiger partial charge on any atom is 0.0577 e. The molecule has 0 aromatic carbocycles. The Morgan fingerprint density at radius 2 is 1.69 bits per heavy atom. The third-order valence-electron chi connectivity index (χ3n) is 2.51. The molecule has 0 aromatic heterocycles. The molecule has 2 atom stereocenters. The van der Waals surface area contributed by atoms with Crippen molar-refractivity contribution in [2.75, 3.05) is 6.54 Å². The van der Waals surface area contributed by atoms with Crippen LogP contribution in [0, 0.1) is 11.8 Å². The van der Waals surface area contributed by atoms with Crippen LogP contribution in [0.4, 0.5) is 0 Å². The van der Waals surface area contributed by atoms with Crippen LogP contribution in [0.15, 0.2) is 0 Å². The molecule has 13 heavy (non-hydrogen) atoms. The van der Waals surface area contributed by atoms with Crippen molar-refractivity contribution in [3.05, 3.63) is 0 Å². The van der Waals surface area contributed by atoms with Crippen molar-refractivity contribution in [2.45, 2.75) is 52.7 Å². The van der Waals surface area contributed by atoms with Crippen molar-refractivity contribution in [1.82, 2.24) is 10.6 Å². The van der Waals surface area contributed by atoms with E-state index in [-0.39, 0.29) is 0 Å². The van der Waals surface area contributed by atoms with Crippen LogP contribution in [0.25, 0.3) is 0 Å². The smallest absolute Gasteiger partial charge is 0.0577 e. The van der Waals surface area contributed by atoms with Gasteiger partial charge in [0.15, 0.2) is 0 Å². The number of hydrogen-bond donors (Lipinski definition) is 2. The zero-order valence-corrected chi connectivity index (χ0v) is 9.43. The fourth-order valence-corrected chi connectivity index (χ4v) is 2.03. The van der Waals surface area contributed by atoms with Gasteiger partial charge in [0.05, 0.1) is 6.17 Å². The Morgan fingerprint density at radius 3 is 2.23 bits per heavy atom. The minimum atomic E-state index is 0.559. The highest BCUT2D eigenvalue weighted by Crippen LogP contribution is 2.12. The first-order valence-corrected chi connectivity index (χ1v) is 5.57. The van der Waals surface area contributed by atoms with Crippen LogP contribution in [-0.4, -0.2) is 18.8 Å². The molecule has 1 fully saturated rings. The summed E-state index contributed by atoms with van der Waals surface area (Å²) < 4.78 is 0. The van der Waals surface area contributed by atoms with Gasteiger partial charge in [-0.15, -0.1) is 0 Å². The van der Waals surface area contributed by atoms with Gasteiger partial charge in [-0.1, -0.05) is 27.7 Å². The maximum atomic E-state index is 3.64. The van der Waals surface area contributed by atoms with Crippen LogP contribution < -0.4 is 10.6 Å². The molecule has 2 N–H and O–H groups in total. The minimum Gasteiger partial charge on any atom is -0.300 e. The highest BCUT2D eigenvalue weighted by Gasteiger charge is 2.23. The van der Waals surface area contributed by atoms with Gasteiger partial charge < -0.3 is 5.32 Å². The molecule has 0 aromatic rings. The number of hydrogen-bond acceptors (Lipinski definition) is 2. The van der Waals surface area contributed by atoms with E-state index in [0.29, 0.717) is 12.2 Å². The fourth-order valence-electron chi connectivity index (χ4n) is 2.03. The van der Waals surface area contributed by atoms with Crippen LogP contribution in [0.3, 0.4) is 0 Å². The fraction of sp³-hybridized carbons (Fsp3) is 1.00. The Balaban J connectivity index is 2.20. The van der Waals surface area contributed by atoms with Crippen LogP contribution in [0.5, 0.6) is 0 Å². The van der Waals surface area contributed by atoms with Gasteiger partial charge in [-0.05, 0) is 24.7 Å². The highest BCUT2D eigenvalue weighted by atomic mass is 15.2. The van der Waals surface area contributed by atoms with Crippen molar-refractivity contribution in [2.24, 2.45) is 11.8 Å². The molecule has 0 saturated carbocycles. The second-order valence-corrected chi connectivity index (χ2v) is 5.08. The Bertz CT molecular complexity index is 127. The monoisotopic (exact) mass is 184 g/mol. The van der Waals surface area contributed by atoms with Crippen LogP contribution in [-0.2, 0) is 0 Å². The molecule has 1 aliphatic heterocycles. The summed E-state index contributed by atoms with van der Waals surface area (Å²) in [5, 5.41) is 7.17. The lowest BCUT2D eigenvalue weighted by Crippen LogP contribution is -2.35. The van der Waals surface area contributed by atoms with E-state index in [2.05, 4.69) is 38.3 Å². The molecular weight excluding hydrogens is 160 g/mol. The second-order valence-electron chi connectivity index (χ2n) is 5.08. The van der Waals surface area contributed by atoms with E-state index in [4.69, 9.17) is 0 Å². The van der Waals surface area contributed by atoms with Gasteiger partial charge in [-0.25, -0.2) is 0 Å². The van der Waals surface area contributed by atoms with Gasteiger partial charge >= 0.3 is 0 Å². The SMILES string of the molecule is CC(C)C[C@H]1CN[C@H](CC(C)C)N1. The van der Waals surface area contributed by atoms with Gasteiger partial charge in [0.2, 0.25) is 0 Å². The van der Waals surface area contributed by atoms with Crippen LogP contribution in [0.2, 0.25) is 0 Å². The van der Waals surface area contributed by atoms with Gasteiger partial charge in [0.1, 0.15) is 0 Å². The summed E-state index contributed by atoms with van der Waals surface area (Å²) in [5.41, 5.74) is 0. The predicted octanol–water partition coefficient (Wildman–Crippen LogP) is 1.97. The lowest BCUT2D eigenvalue weighted by atomic mass is 10.0. The normalized spacial score (nSPS) is 29.1. The molecule has 0 radical (unpaired) electrons. The van der Waals surface area contributed by atoms with Crippen molar-refractivity contribution in [3.8, 4) is 0 Å². The molecule has 2 heteroatoms. The topological polar surface area (TPSA) is 24.1 Å². The average molecular weight is 184 g/mol. The summed E-state index contributed by atoms with van der Waals surface area (Å²) >= 11 is 0. The third kappa shape index (κ3) is 4.10. The van der Waals surface area contributed by atoms with Gasteiger partial charge in [-0.3, -0.25) is 5.32 Å². The molecule has 0 unspecified atom stereocenters. The van der Waals surface area contributed by atoms with Crippen LogP contribution in [0.1, 0.15) is 40.5 Å². The van der Waals surface area contributed by atoms with E-state index in [1.165, 1.54) is 12.8 Å². The largest absolute Gasteiger partial charge is 0.300 e. The van der Waals surface area contributed by atoms with Crippen molar-refractivity contribution in [1.29, 1.82) is 0 Å². The molecule has 1 aliphatic rings. The molecule has 78 valence electrons. The van der Waals surface area contributed by atoms with E-state index < -0.39 is 0 Å². The van der Waals surface area contributed by atoms with Crippen LogP contribution >= 0.6 is 0 Å². The summed E-state index contributed by atoms with van der Waals surface area (Å²) in [6.45, 7) is 10.3. The zero-order chi connectivity index (χ0) is 9.84. The number of nitrogens with one attached hydrogen (secondary N) is 2. The van der Waals surface area contributed by atoms with Gasteiger partial charge in [0.25, 0.3) is 0 Å². The summed E-state index contributed by atoms with van der Waals surface area (Å²) in [6, 6.07) is 0.698. The number of rotatable bonds is 4. The first-order chi connectivity index (χ1) is 6.08. The lowest BCUT2D eigenvalue weighted by molar-refractivity contribution is 0.402. The second kappa shape index (κ2) is 4.97. The molecule has 0 amide bonds. The zero-order valence-electron chi connectivity index (χ0n) is 9.43. The molecule has 0 bridgehead atoms. The van der Waals surface area contributed by atoms with Crippen molar-refractivity contribution >= 4 is 0 Å². The Labute approximate surface area is 82.5 Å². The average Bonchev–Trinajstić information content (AvgIpc) is 2.33. The molecule has 1 rings (SSSR count). The minimum absolute atomic E-state index is 0.559. The van der Waals surface area contributed by atoms with E-state index >= 15 is 0 Å². The first kappa shape index (κ1) is 11.0. The van der Waals surface area contributed by atoms with E-state index in [0.717, 1.165) is 18.4 Å². The van der Waals surface area contributed by atoms with Gasteiger partial charge in [0, 0.05) is 12.6 Å². The standard InChI is InChI=1S/C11H24N2/c1-8(2)5-10-7-12-11(13-10)6-9(3)4/h8-13H,5-7H2,1-4H3/t10-,11-/m0/s1. The van der Waals surface area contributed by atoms with E-state index in [1.807, 2.05) is 0 Å². The summed E-state index contributed by atoms with van der Waals surface area (Å²) in [6.07, 6.45) is 3.10. The summed E-state index contributed by atoms with van der Waals surface area (Å²) in [5.74, 6) is 1.58. The Hall–Kier alpha value is -0.0800. The molecule has 2 nitrogen and oxygen atoms in total. The molecule has 0 aliphatic carbocycles. The first-order valence-electron chi connectivity index (χ1n) is 5.57. The maximum absolute atomic E-state index is 3.64. The Morgan fingerprint density at radius 1 is 1.08 bits per heavy atom. The van der Waals surface area contributed by atoms with E-state index in [1.54, 1.807) is 0 Å². The molecular formula is C11H24N2. The van der Waals surface area contributed by atoms with E-state index in [9.17, 15) is 0 Å². The molecule has 1 saturated heterocycles. The third-order valence-corrected chi connectivity index (χ3v) is 2.51. The quantitative estimate of drug-likeness (QED) is 0.698. The highest BCUT2D eigenvalue weighted by molar-refractivity contribution is 4.84.